The average molecular weight is 406 g/mol. The van der Waals surface area contributed by atoms with Gasteiger partial charge in [-0.2, -0.15) is 8.42 Å². The number of amidine groups is 1. The Labute approximate surface area is 163 Å². The first-order chi connectivity index (χ1) is 12.8. The van der Waals surface area contributed by atoms with Crippen molar-refractivity contribution in [3.8, 4) is 0 Å². The molecule has 0 spiro atoms. The van der Waals surface area contributed by atoms with E-state index in [1.165, 1.54) is 6.07 Å². The van der Waals surface area contributed by atoms with Gasteiger partial charge in [-0.25, -0.2) is 0 Å². The summed E-state index contributed by atoms with van der Waals surface area (Å²) in [4.78, 5) is 14.5. The van der Waals surface area contributed by atoms with Crippen LogP contribution < -0.4 is 10.2 Å². The van der Waals surface area contributed by atoms with Gasteiger partial charge in [0, 0.05) is 22.8 Å². The van der Waals surface area contributed by atoms with Gasteiger partial charge in [0.25, 0.3) is 15.9 Å². The number of benzene rings is 2. The first-order valence-corrected chi connectivity index (χ1v) is 10.4. The van der Waals surface area contributed by atoms with Crippen LogP contribution in [0.2, 0.25) is 5.02 Å². The predicted molar refractivity (Wildman–Crippen MR) is 108 cm³/mol. The van der Waals surface area contributed by atoms with Crippen molar-refractivity contribution in [1.82, 2.24) is 0 Å². The van der Waals surface area contributed by atoms with E-state index in [0.29, 0.717) is 28.8 Å². The maximum Gasteiger partial charge on any atom is 0.286 e. The van der Waals surface area contributed by atoms with E-state index in [-0.39, 0.29) is 10.5 Å². The standard InChI is InChI=1S/C19H20ClN3O3S/c1-3-4-11-23-13(2)22-27(25,26)18-12-14(5-10-17(18)23)19(24)21-16-8-6-15(20)7-9-16/h5-10,12H,3-4,11H2,1-2H3,(H,21,24). The lowest BCUT2D eigenvalue weighted by atomic mass is 10.1. The van der Waals surface area contributed by atoms with Gasteiger partial charge in [-0.1, -0.05) is 24.9 Å². The molecule has 1 aliphatic heterocycles. The Morgan fingerprint density at radius 2 is 1.89 bits per heavy atom. The summed E-state index contributed by atoms with van der Waals surface area (Å²) >= 11 is 5.84. The number of carbonyl (C=O) groups is 1. The zero-order valence-electron chi connectivity index (χ0n) is 15.1. The first-order valence-electron chi connectivity index (χ1n) is 8.62. The molecule has 6 nitrogen and oxygen atoms in total. The van der Waals surface area contributed by atoms with Crippen LogP contribution in [0.4, 0.5) is 11.4 Å². The van der Waals surface area contributed by atoms with Crippen molar-refractivity contribution in [3.05, 3.63) is 53.1 Å². The molecule has 0 bridgehead atoms. The highest BCUT2D eigenvalue weighted by molar-refractivity contribution is 7.90. The summed E-state index contributed by atoms with van der Waals surface area (Å²) < 4.78 is 28.9. The van der Waals surface area contributed by atoms with Gasteiger partial charge >= 0.3 is 0 Å². The monoisotopic (exact) mass is 405 g/mol. The van der Waals surface area contributed by atoms with E-state index in [0.717, 1.165) is 12.8 Å². The van der Waals surface area contributed by atoms with Gasteiger partial charge in [-0.15, -0.1) is 4.40 Å². The van der Waals surface area contributed by atoms with Crippen molar-refractivity contribution in [2.24, 2.45) is 4.40 Å². The molecule has 0 saturated carbocycles. The highest BCUT2D eigenvalue weighted by Gasteiger charge is 2.29. The molecule has 1 heterocycles. The maximum absolute atomic E-state index is 12.5. The van der Waals surface area contributed by atoms with Crippen molar-refractivity contribution in [1.29, 1.82) is 0 Å². The molecule has 1 N–H and O–H groups in total. The number of hydrogen-bond donors (Lipinski definition) is 1. The van der Waals surface area contributed by atoms with Crippen LogP contribution >= 0.6 is 11.6 Å². The third kappa shape index (κ3) is 4.14. The Bertz CT molecular complexity index is 1000. The fourth-order valence-corrected chi connectivity index (χ4v) is 4.26. The summed E-state index contributed by atoms with van der Waals surface area (Å²) in [6.45, 7) is 4.42. The van der Waals surface area contributed by atoms with E-state index in [1.807, 2.05) is 4.90 Å². The third-order valence-corrected chi connectivity index (χ3v) is 5.91. The van der Waals surface area contributed by atoms with E-state index >= 15 is 0 Å². The minimum atomic E-state index is -3.83. The van der Waals surface area contributed by atoms with Crippen LogP contribution in [0.1, 0.15) is 37.0 Å². The van der Waals surface area contributed by atoms with E-state index in [2.05, 4.69) is 16.6 Å². The van der Waals surface area contributed by atoms with Crippen LogP contribution in [0.5, 0.6) is 0 Å². The van der Waals surface area contributed by atoms with Crippen LogP contribution in [0.3, 0.4) is 0 Å². The number of nitrogens with one attached hydrogen (secondary N) is 1. The molecule has 0 radical (unpaired) electrons. The van der Waals surface area contributed by atoms with Crippen LogP contribution in [0.15, 0.2) is 51.8 Å². The highest BCUT2D eigenvalue weighted by atomic mass is 35.5. The van der Waals surface area contributed by atoms with Gasteiger partial charge in [0.1, 0.15) is 10.7 Å². The zero-order valence-corrected chi connectivity index (χ0v) is 16.6. The molecule has 142 valence electrons. The number of amides is 1. The minimum absolute atomic E-state index is 0.0490. The minimum Gasteiger partial charge on any atom is -0.328 e. The number of carbonyl (C=O) groups excluding carboxylic acids is 1. The second kappa shape index (κ2) is 7.70. The van der Waals surface area contributed by atoms with Crippen molar-refractivity contribution >= 4 is 44.7 Å². The molecular formula is C19H20ClN3O3S. The van der Waals surface area contributed by atoms with E-state index in [4.69, 9.17) is 11.6 Å². The normalized spacial score (nSPS) is 15.1. The second-order valence-corrected chi connectivity index (χ2v) is 8.27. The molecule has 0 aromatic heterocycles. The van der Waals surface area contributed by atoms with Gasteiger partial charge < -0.3 is 10.2 Å². The number of unbranched alkanes of at least 4 members (excludes halogenated alkanes) is 1. The van der Waals surface area contributed by atoms with E-state index in [1.54, 1.807) is 43.3 Å². The largest absolute Gasteiger partial charge is 0.328 e. The van der Waals surface area contributed by atoms with Gasteiger partial charge in [0.05, 0.1) is 5.69 Å². The summed E-state index contributed by atoms with van der Waals surface area (Å²) in [6.07, 6.45) is 1.89. The number of nitrogens with zero attached hydrogens (tertiary/aromatic N) is 2. The first kappa shape index (κ1) is 19.4. The number of hydrogen-bond acceptors (Lipinski definition) is 4. The van der Waals surface area contributed by atoms with E-state index in [9.17, 15) is 13.2 Å². The topological polar surface area (TPSA) is 78.8 Å². The lowest BCUT2D eigenvalue weighted by Crippen LogP contribution is -2.34. The lowest BCUT2D eigenvalue weighted by Gasteiger charge is -2.29. The Kier molecular flexibility index (Phi) is 5.53. The Morgan fingerprint density at radius 1 is 1.19 bits per heavy atom. The van der Waals surface area contributed by atoms with Crippen LogP contribution in [-0.2, 0) is 10.0 Å². The van der Waals surface area contributed by atoms with Crippen molar-refractivity contribution < 1.29 is 13.2 Å². The smallest absolute Gasteiger partial charge is 0.286 e. The lowest BCUT2D eigenvalue weighted by molar-refractivity contribution is 0.102. The number of anilines is 2. The van der Waals surface area contributed by atoms with Crippen molar-refractivity contribution in [3.63, 3.8) is 0 Å². The number of sulfonamides is 1. The van der Waals surface area contributed by atoms with Crippen LogP contribution in [-0.4, -0.2) is 26.7 Å². The summed E-state index contributed by atoms with van der Waals surface area (Å²) in [7, 11) is -3.83. The van der Waals surface area contributed by atoms with Crippen molar-refractivity contribution in [2.45, 2.75) is 31.6 Å². The maximum atomic E-state index is 12.5. The van der Waals surface area contributed by atoms with Crippen LogP contribution in [0.25, 0.3) is 0 Å². The summed E-state index contributed by atoms with van der Waals surface area (Å²) in [5, 5.41) is 3.30. The van der Waals surface area contributed by atoms with Gasteiger partial charge in [0.15, 0.2) is 0 Å². The molecule has 0 aliphatic carbocycles. The molecule has 0 unspecified atom stereocenters. The fourth-order valence-electron chi connectivity index (χ4n) is 2.87. The number of fused-ring (bicyclic) bond motifs is 1. The van der Waals surface area contributed by atoms with Gasteiger partial charge in [-0.05, 0) is 55.8 Å². The second-order valence-electron chi connectivity index (χ2n) is 6.26. The molecule has 0 fully saturated rings. The molecular weight excluding hydrogens is 386 g/mol. The number of rotatable bonds is 5. The Balaban J connectivity index is 1.93. The average Bonchev–Trinajstić information content (AvgIpc) is 2.63. The molecule has 8 heteroatoms. The van der Waals surface area contributed by atoms with Gasteiger partial charge in [0.2, 0.25) is 0 Å². The molecule has 2 aromatic rings. The molecule has 3 rings (SSSR count). The molecule has 0 atom stereocenters. The molecule has 1 amide bonds. The predicted octanol–water partition coefficient (Wildman–Crippen LogP) is 4.32. The number of halogens is 1. The molecule has 27 heavy (non-hydrogen) atoms. The SMILES string of the molecule is CCCCN1C(C)=NS(=O)(=O)c2cc(C(=O)Nc3ccc(Cl)cc3)ccc21. The molecule has 0 saturated heterocycles. The summed E-state index contributed by atoms with van der Waals surface area (Å²) in [5.41, 5.74) is 1.37. The quantitative estimate of drug-likeness (QED) is 0.803. The van der Waals surface area contributed by atoms with Crippen LogP contribution in [0, 0.1) is 0 Å². The highest BCUT2D eigenvalue weighted by Crippen LogP contribution is 2.33. The zero-order chi connectivity index (χ0) is 19.6. The summed E-state index contributed by atoms with van der Waals surface area (Å²) in [6, 6.07) is 11.3. The Hall–Kier alpha value is -2.38. The van der Waals surface area contributed by atoms with E-state index < -0.39 is 15.9 Å². The Morgan fingerprint density at radius 3 is 2.56 bits per heavy atom. The third-order valence-electron chi connectivity index (χ3n) is 4.27. The molecule has 2 aromatic carbocycles. The summed E-state index contributed by atoms with van der Waals surface area (Å²) in [5.74, 6) is 0.0380. The van der Waals surface area contributed by atoms with Gasteiger partial charge in [-0.3, -0.25) is 4.79 Å². The molecule has 1 aliphatic rings. The van der Waals surface area contributed by atoms with Crippen molar-refractivity contribution in [2.75, 3.05) is 16.8 Å². The fraction of sp³-hybridized carbons (Fsp3) is 0.263.